The summed E-state index contributed by atoms with van der Waals surface area (Å²) in [6, 6.07) is 7.95. The number of nitrogens with one attached hydrogen (secondary N) is 1. The van der Waals surface area contributed by atoms with Crippen LogP contribution in [0.15, 0.2) is 36.9 Å². The summed E-state index contributed by atoms with van der Waals surface area (Å²) in [5.41, 5.74) is 2.22. The summed E-state index contributed by atoms with van der Waals surface area (Å²) >= 11 is 0. The molecular formula is C15H20N2O2. The minimum atomic E-state index is -0.169. The van der Waals surface area contributed by atoms with Gasteiger partial charge >= 0.3 is 0 Å². The van der Waals surface area contributed by atoms with Gasteiger partial charge in [0.15, 0.2) is 0 Å². The predicted octanol–water partition coefficient (Wildman–Crippen LogP) is 1.65. The average molecular weight is 260 g/mol. The molecule has 0 spiro atoms. The molecule has 0 saturated heterocycles. The van der Waals surface area contributed by atoms with Gasteiger partial charge < -0.3 is 10.2 Å². The number of rotatable bonds is 6. The van der Waals surface area contributed by atoms with Gasteiger partial charge in [0.05, 0.1) is 6.54 Å². The molecule has 0 atom stereocenters. The second kappa shape index (κ2) is 7.36. The average Bonchev–Trinajstić information content (AvgIpc) is 2.37. The number of nitrogens with zero attached hydrogens (tertiary/aromatic N) is 1. The molecule has 0 saturated carbocycles. The van der Waals surface area contributed by atoms with Crippen molar-refractivity contribution in [3.8, 4) is 0 Å². The minimum Gasteiger partial charge on any atom is -0.350 e. The van der Waals surface area contributed by atoms with Crippen LogP contribution in [0.3, 0.4) is 0 Å². The summed E-state index contributed by atoms with van der Waals surface area (Å²) in [7, 11) is 0. The highest BCUT2D eigenvalue weighted by atomic mass is 16.2. The molecule has 19 heavy (non-hydrogen) atoms. The van der Waals surface area contributed by atoms with Crippen LogP contribution in [-0.2, 0) is 16.1 Å². The molecule has 1 aromatic carbocycles. The first-order valence-corrected chi connectivity index (χ1v) is 6.21. The molecule has 0 aromatic heterocycles. The normalized spacial score (nSPS) is 9.79. The zero-order chi connectivity index (χ0) is 14.3. The third kappa shape index (κ3) is 5.38. The lowest BCUT2D eigenvalue weighted by Gasteiger charge is -2.18. The van der Waals surface area contributed by atoms with E-state index in [1.54, 1.807) is 6.08 Å². The molecule has 0 aliphatic rings. The Morgan fingerprint density at radius 1 is 1.32 bits per heavy atom. The van der Waals surface area contributed by atoms with Crippen molar-refractivity contribution in [3.05, 3.63) is 48.0 Å². The van der Waals surface area contributed by atoms with Gasteiger partial charge in [0.2, 0.25) is 11.8 Å². The molecule has 4 heteroatoms. The molecule has 0 aliphatic carbocycles. The Kier molecular flexibility index (Phi) is 5.79. The summed E-state index contributed by atoms with van der Waals surface area (Å²) < 4.78 is 0. The predicted molar refractivity (Wildman–Crippen MR) is 75.5 cm³/mol. The maximum absolute atomic E-state index is 11.7. The lowest BCUT2D eigenvalue weighted by Crippen LogP contribution is -2.39. The van der Waals surface area contributed by atoms with E-state index in [1.807, 2.05) is 31.2 Å². The van der Waals surface area contributed by atoms with Crippen molar-refractivity contribution in [2.24, 2.45) is 0 Å². The van der Waals surface area contributed by atoms with Crippen LogP contribution in [-0.4, -0.2) is 29.8 Å². The Balaban J connectivity index is 2.44. The zero-order valence-electron chi connectivity index (χ0n) is 11.5. The number of carbonyl (C=O) groups excluding carboxylic acids is 2. The van der Waals surface area contributed by atoms with Crippen LogP contribution in [0.25, 0.3) is 0 Å². The number of hydrogen-bond acceptors (Lipinski definition) is 2. The number of benzene rings is 1. The van der Waals surface area contributed by atoms with Gasteiger partial charge in [-0.25, -0.2) is 0 Å². The topological polar surface area (TPSA) is 49.4 Å². The fourth-order valence-electron chi connectivity index (χ4n) is 1.60. The van der Waals surface area contributed by atoms with Crippen molar-refractivity contribution < 1.29 is 9.59 Å². The number of hydrogen-bond donors (Lipinski definition) is 1. The van der Waals surface area contributed by atoms with Crippen molar-refractivity contribution in [1.29, 1.82) is 0 Å². The molecule has 1 N–H and O–H groups in total. The highest BCUT2D eigenvalue weighted by Crippen LogP contribution is 2.02. The maximum Gasteiger partial charge on any atom is 0.239 e. The molecule has 1 rings (SSSR count). The number of amides is 2. The van der Waals surface area contributed by atoms with Crippen molar-refractivity contribution in [2.75, 3.05) is 13.1 Å². The standard InChI is InChI=1S/C15H20N2O2/c1-4-9-17(13(3)18)11-15(19)16-10-14-7-5-12(2)6-8-14/h4-8H,1,9-11H2,2-3H3,(H,16,19). The molecule has 2 amide bonds. The smallest absolute Gasteiger partial charge is 0.239 e. The maximum atomic E-state index is 11.7. The number of carbonyl (C=O) groups is 2. The second-order valence-electron chi connectivity index (χ2n) is 4.45. The lowest BCUT2D eigenvalue weighted by molar-refractivity contribution is -0.133. The van der Waals surface area contributed by atoms with Gasteiger partial charge in [-0.1, -0.05) is 35.9 Å². The fraction of sp³-hybridized carbons (Fsp3) is 0.333. The molecule has 0 fully saturated rings. The van der Waals surface area contributed by atoms with Crippen molar-refractivity contribution >= 4 is 11.8 Å². The highest BCUT2D eigenvalue weighted by Gasteiger charge is 2.11. The van der Waals surface area contributed by atoms with Crippen LogP contribution < -0.4 is 5.32 Å². The van der Waals surface area contributed by atoms with E-state index in [9.17, 15) is 9.59 Å². The van der Waals surface area contributed by atoms with Crippen LogP contribution in [0.5, 0.6) is 0 Å². The molecule has 4 nitrogen and oxygen atoms in total. The molecule has 0 unspecified atom stereocenters. The van der Waals surface area contributed by atoms with Crippen LogP contribution in [0.1, 0.15) is 18.1 Å². The summed E-state index contributed by atoms with van der Waals surface area (Å²) in [6.07, 6.45) is 1.61. The Morgan fingerprint density at radius 2 is 1.95 bits per heavy atom. The molecule has 0 bridgehead atoms. The zero-order valence-corrected chi connectivity index (χ0v) is 11.5. The van der Waals surface area contributed by atoms with Crippen LogP contribution in [0.4, 0.5) is 0 Å². The highest BCUT2D eigenvalue weighted by molar-refractivity contribution is 5.83. The molecule has 0 heterocycles. The third-order valence-electron chi connectivity index (χ3n) is 2.74. The SMILES string of the molecule is C=CCN(CC(=O)NCc1ccc(C)cc1)C(C)=O. The monoisotopic (exact) mass is 260 g/mol. The molecule has 1 aromatic rings. The lowest BCUT2D eigenvalue weighted by atomic mass is 10.1. The van der Waals surface area contributed by atoms with Gasteiger partial charge in [0, 0.05) is 20.0 Å². The first kappa shape index (κ1) is 15.0. The van der Waals surface area contributed by atoms with Crippen LogP contribution in [0.2, 0.25) is 0 Å². The van der Waals surface area contributed by atoms with E-state index < -0.39 is 0 Å². The third-order valence-corrected chi connectivity index (χ3v) is 2.74. The first-order chi connectivity index (χ1) is 9.02. The Hall–Kier alpha value is -2.10. The molecular weight excluding hydrogens is 240 g/mol. The quantitative estimate of drug-likeness (QED) is 0.791. The van der Waals surface area contributed by atoms with E-state index in [1.165, 1.54) is 17.4 Å². The summed E-state index contributed by atoms with van der Waals surface area (Å²) in [5.74, 6) is -0.303. The Labute approximate surface area is 114 Å². The number of aryl methyl sites for hydroxylation is 1. The Morgan fingerprint density at radius 3 is 2.47 bits per heavy atom. The van der Waals surface area contributed by atoms with E-state index in [0.717, 1.165) is 5.56 Å². The van der Waals surface area contributed by atoms with E-state index in [-0.39, 0.29) is 18.4 Å². The first-order valence-electron chi connectivity index (χ1n) is 6.21. The van der Waals surface area contributed by atoms with Gasteiger partial charge in [-0.05, 0) is 12.5 Å². The van der Waals surface area contributed by atoms with Crippen molar-refractivity contribution in [2.45, 2.75) is 20.4 Å². The minimum absolute atomic E-state index is 0.0627. The second-order valence-corrected chi connectivity index (χ2v) is 4.45. The van der Waals surface area contributed by atoms with E-state index >= 15 is 0 Å². The van der Waals surface area contributed by atoms with Gasteiger partial charge in [0.25, 0.3) is 0 Å². The van der Waals surface area contributed by atoms with E-state index in [0.29, 0.717) is 13.1 Å². The molecule has 102 valence electrons. The summed E-state index contributed by atoms with van der Waals surface area (Å²) in [6.45, 7) is 7.94. The van der Waals surface area contributed by atoms with E-state index in [2.05, 4.69) is 11.9 Å². The van der Waals surface area contributed by atoms with Crippen molar-refractivity contribution in [3.63, 3.8) is 0 Å². The van der Waals surface area contributed by atoms with E-state index in [4.69, 9.17) is 0 Å². The summed E-state index contributed by atoms with van der Waals surface area (Å²) in [5, 5.41) is 2.80. The molecule has 0 radical (unpaired) electrons. The van der Waals surface area contributed by atoms with Crippen molar-refractivity contribution in [1.82, 2.24) is 10.2 Å². The van der Waals surface area contributed by atoms with Gasteiger partial charge in [0.1, 0.15) is 0 Å². The van der Waals surface area contributed by atoms with Crippen LogP contribution >= 0.6 is 0 Å². The fourth-order valence-corrected chi connectivity index (χ4v) is 1.60. The van der Waals surface area contributed by atoms with Crippen LogP contribution in [0, 0.1) is 6.92 Å². The summed E-state index contributed by atoms with van der Waals surface area (Å²) in [4.78, 5) is 24.5. The van der Waals surface area contributed by atoms with Gasteiger partial charge in [-0.3, -0.25) is 9.59 Å². The largest absolute Gasteiger partial charge is 0.350 e. The Bertz CT molecular complexity index is 452. The van der Waals surface area contributed by atoms with Gasteiger partial charge in [-0.2, -0.15) is 0 Å². The van der Waals surface area contributed by atoms with Gasteiger partial charge in [-0.15, -0.1) is 6.58 Å². The molecule has 0 aliphatic heterocycles.